The van der Waals surface area contributed by atoms with Crippen LogP contribution in [0.1, 0.15) is 12.0 Å². The molecule has 0 heterocycles. The van der Waals surface area contributed by atoms with Gasteiger partial charge in [0.15, 0.2) is 0 Å². The molecule has 0 aliphatic rings. The highest BCUT2D eigenvalue weighted by atomic mass is 16.2. The predicted octanol–water partition coefficient (Wildman–Crippen LogP) is 0.659. The minimum Gasteiger partial charge on any atom is -0.348 e. The molecular formula is C13H19N3O2. The van der Waals surface area contributed by atoms with Crippen LogP contribution in [0.15, 0.2) is 24.3 Å². The lowest BCUT2D eigenvalue weighted by Gasteiger charge is -2.06. The summed E-state index contributed by atoms with van der Waals surface area (Å²) in [6.07, 6.45) is 0.792. The van der Waals surface area contributed by atoms with Gasteiger partial charge in [-0.15, -0.1) is 0 Å². The number of rotatable bonds is 5. The van der Waals surface area contributed by atoms with E-state index in [2.05, 4.69) is 16.0 Å². The summed E-state index contributed by atoms with van der Waals surface area (Å²) in [5.74, 6) is -1.24. The van der Waals surface area contributed by atoms with E-state index in [1.807, 2.05) is 26.1 Å². The number of carbonyl (C=O) groups excluding carboxylic acids is 2. The number of nitrogens with one attached hydrogen (secondary N) is 3. The molecule has 0 fully saturated rings. The third kappa shape index (κ3) is 4.97. The van der Waals surface area contributed by atoms with Crippen molar-refractivity contribution in [2.45, 2.75) is 13.3 Å². The van der Waals surface area contributed by atoms with Crippen LogP contribution in [0.4, 0.5) is 5.69 Å². The lowest BCUT2D eigenvalue weighted by atomic mass is 10.2. The van der Waals surface area contributed by atoms with E-state index >= 15 is 0 Å². The minimum atomic E-state index is -0.636. The van der Waals surface area contributed by atoms with E-state index in [4.69, 9.17) is 0 Å². The van der Waals surface area contributed by atoms with Gasteiger partial charge in [-0.3, -0.25) is 9.59 Å². The smallest absolute Gasteiger partial charge is 0.313 e. The Hall–Kier alpha value is -1.88. The van der Waals surface area contributed by atoms with E-state index in [0.717, 1.165) is 18.5 Å². The first-order chi connectivity index (χ1) is 8.63. The molecule has 1 aromatic rings. The van der Waals surface area contributed by atoms with Gasteiger partial charge in [-0.05, 0) is 39.1 Å². The first-order valence-corrected chi connectivity index (χ1v) is 5.94. The Balaban J connectivity index is 2.35. The van der Waals surface area contributed by atoms with E-state index < -0.39 is 11.8 Å². The van der Waals surface area contributed by atoms with Gasteiger partial charge in [0.05, 0.1) is 0 Å². The highest BCUT2D eigenvalue weighted by molar-refractivity contribution is 6.39. The number of anilines is 1. The van der Waals surface area contributed by atoms with Crippen molar-refractivity contribution in [2.75, 3.05) is 25.5 Å². The van der Waals surface area contributed by atoms with Crippen molar-refractivity contribution in [3.05, 3.63) is 29.8 Å². The molecule has 5 nitrogen and oxygen atoms in total. The topological polar surface area (TPSA) is 70.2 Å². The van der Waals surface area contributed by atoms with Gasteiger partial charge >= 0.3 is 11.8 Å². The van der Waals surface area contributed by atoms with Gasteiger partial charge in [0.2, 0.25) is 0 Å². The molecule has 2 amide bonds. The maximum atomic E-state index is 11.5. The van der Waals surface area contributed by atoms with Crippen LogP contribution < -0.4 is 16.0 Å². The molecule has 1 rings (SSSR count). The number of hydrogen-bond donors (Lipinski definition) is 3. The summed E-state index contributed by atoms with van der Waals surface area (Å²) in [4.78, 5) is 23.0. The molecule has 0 aliphatic heterocycles. The van der Waals surface area contributed by atoms with Crippen LogP contribution in [0.5, 0.6) is 0 Å². The average Bonchev–Trinajstić information content (AvgIpc) is 2.37. The van der Waals surface area contributed by atoms with Crippen molar-refractivity contribution in [1.82, 2.24) is 10.6 Å². The van der Waals surface area contributed by atoms with Gasteiger partial charge in [-0.1, -0.05) is 17.7 Å². The zero-order valence-electron chi connectivity index (χ0n) is 10.7. The van der Waals surface area contributed by atoms with Crippen LogP contribution in [0.2, 0.25) is 0 Å². The zero-order valence-corrected chi connectivity index (χ0v) is 10.7. The van der Waals surface area contributed by atoms with Crippen LogP contribution in [-0.4, -0.2) is 32.0 Å². The Bertz CT molecular complexity index is 401. The van der Waals surface area contributed by atoms with Crippen LogP contribution in [0.25, 0.3) is 0 Å². The Morgan fingerprint density at radius 1 is 1.06 bits per heavy atom. The van der Waals surface area contributed by atoms with Crippen LogP contribution in [0, 0.1) is 6.92 Å². The van der Waals surface area contributed by atoms with E-state index in [9.17, 15) is 9.59 Å². The van der Waals surface area contributed by atoms with Gasteiger partial charge in [0, 0.05) is 12.2 Å². The number of carbonyl (C=O) groups is 2. The first kappa shape index (κ1) is 14.2. The molecule has 0 saturated carbocycles. The Morgan fingerprint density at radius 2 is 1.72 bits per heavy atom. The predicted molar refractivity (Wildman–Crippen MR) is 71.4 cm³/mol. The average molecular weight is 249 g/mol. The maximum absolute atomic E-state index is 11.5. The molecule has 98 valence electrons. The normalized spacial score (nSPS) is 9.89. The molecule has 0 spiro atoms. The molecule has 3 N–H and O–H groups in total. The Labute approximate surface area is 107 Å². The second kappa shape index (κ2) is 7.45. The van der Waals surface area contributed by atoms with Gasteiger partial charge in [0.25, 0.3) is 0 Å². The standard InChI is InChI=1S/C13H19N3O2/c1-10-4-6-11(7-5-10)16-13(18)12(17)15-9-3-8-14-2/h4-7,14H,3,8-9H2,1-2H3,(H,15,17)(H,16,18). The minimum absolute atomic E-state index is 0.487. The third-order valence-electron chi connectivity index (χ3n) is 2.40. The van der Waals surface area contributed by atoms with E-state index in [-0.39, 0.29) is 0 Å². The molecule has 0 atom stereocenters. The molecule has 0 radical (unpaired) electrons. The third-order valence-corrected chi connectivity index (χ3v) is 2.40. The molecule has 0 unspecified atom stereocenters. The lowest BCUT2D eigenvalue weighted by Crippen LogP contribution is -2.36. The number of benzene rings is 1. The SMILES string of the molecule is CNCCCNC(=O)C(=O)Nc1ccc(C)cc1. The summed E-state index contributed by atoms with van der Waals surface area (Å²) in [5, 5.41) is 8.07. The van der Waals surface area contributed by atoms with Crippen LogP contribution in [-0.2, 0) is 9.59 Å². The molecule has 18 heavy (non-hydrogen) atoms. The monoisotopic (exact) mass is 249 g/mol. The van der Waals surface area contributed by atoms with Crippen molar-refractivity contribution in [2.24, 2.45) is 0 Å². The fourth-order valence-corrected chi connectivity index (χ4v) is 1.37. The van der Waals surface area contributed by atoms with Crippen LogP contribution in [0.3, 0.4) is 0 Å². The summed E-state index contributed by atoms with van der Waals surface area (Å²) in [5.41, 5.74) is 1.72. The van der Waals surface area contributed by atoms with E-state index in [0.29, 0.717) is 12.2 Å². The van der Waals surface area contributed by atoms with Crippen molar-refractivity contribution >= 4 is 17.5 Å². The van der Waals surface area contributed by atoms with Crippen molar-refractivity contribution in [3.63, 3.8) is 0 Å². The van der Waals surface area contributed by atoms with Crippen molar-refractivity contribution in [3.8, 4) is 0 Å². The van der Waals surface area contributed by atoms with Gasteiger partial charge in [0.1, 0.15) is 0 Å². The second-order valence-electron chi connectivity index (χ2n) is 4.03. The fourth-order valence-electron chi connectivity index (χ4n) is 1.37. The quantitative estimate of drug-likeness (QED) is 0.530. The summed E-state index contributed by atoms with van der Waals surface area (Å²) >= 11 is 0. The summed E-state index contributed by atoms with van der Waals surface area (Å²) in [6, 6.07) is 7.28. The van der Waals surface area contributed by atoms with Gasteiger partial charge < -0.3 is 16.0 Å². The lowest BCUT2D eigenvalue weighted by molar-refractivity contribution is -0.136. The zero-order chi connectivity index (χ0) is 13.4. The van der Waals surface area contributed by atoms with Gasteiger partial charge in [-0.25, -0.2) is 0 Å². The summed E-state index contributed by atoms with van der Waals surface area (Å²) in [7, 11) is 1.84. The molecule has 0 aliphatic carbocycles. The molecule has 5 heteroatoms. The highest BCUT2D eigenvalue weighted by Crippen LogP contribution is 2.07. The van der Waals surface area contributed by atoms with Crippen molar-refractivity contribution < 1.29 is 9.59 Å². The summed E-state index contributed by atoms with van der Waals surface area (Å²) < 4.78 is 0. The number of amides is 2. The Morgan fingerprint density at radius 3 is 2.33 bits per heavy atom. The van der Waals surface area contributed by atoms with E-state index in [1.165, 1.54) is 0 Å². The first-order valence-electron chi connectivity index (χ1n) is 5.94. The number of hydrogen-bond acceptors (Lipinski definition) is 3. The second-order valence-corrected chi connectivity index (χ2v) is 4.03. The van der Waals surface area contributed by atoms with Crippen molar-refractivity contribution in [1.29, 1.82) is 0 Å². The fraction of sp³-hybridized carbons (Fsp3) is 0.385. The molecule has 0 saturated heterocycles. The van der Waals surface area contributed by atoms with Crippen LogP contribution >= 0.6 is 0 Å². The molecule has 0 aromatic heterocycles. The highest BCUT2D eigenvalue weighted by Gasteiger charge is 2.12. The Kier molecular flexibility index (Phi) is 5.87. The van der Waals surface area contributed by atoms with E-state index in [1.54, 1.807) is 12.1 Å². The van der Waals surface area contributed by atoms with Gasteiger partial charge in [-0.2, -0.15) is 0 Å². The molecule has 1 aromatic carbocycles. The maximum Gasteiger partial charge on any atom is 0.313 e. The molecular weight excluding hydrogens is 230 g/mol. The molecule has 0 bridgehead atoms. The number of aryl methyl sites for hydroxylation is 1. The largest absolute Gasteiger partial charge is 0.348 e. The summed E-state index contributed by atoms with van der Waals surface area (Å²) in [6.45, 7) is 3.25.